The van der Waals surface area contributed by atoms with Gasteiger partial charge < -0.3 is 95.9 Å². The number of nitrogens with one attached hydrogen (secondary N) is 7. The highest BCUT2D eigenvalue weighted by Gasteiger charge is 2.45. The number of anilines is 2. The van der Waals surface area contributed by atoms with Gasteiger partial charge in [0.15, 0.2) is 0 Å². The van der Waals surface area contributed by atoms with E-state index < -0.39 is 126 Å². The van der Waals surface area contributed by atoms with Gasteiger partial charge in [0.05, 0.1) is 114 Å². The minimum absolute atomic E-state index is 0.0361. The zero-order valence-electron chi connectivity index (χ0n) is 72.4. The predicted octanol–water partition coefficient (Wildman–Crippen LogP) is 7.81. The molecule has 1 fully saturated rings. The first-order chi connectivity index (χ1) is 57.4. The summed E-state index contributed by atoms with van der Waals surface area (Å²) in [5.41, 5.74) is 13.6. The van der Waals surface area contributed by atoms with E-state index in [1.54, 1.807) is 114 Å². The van der Waals surface area contributed by atoms with Crippen LogP contribution in [-0.2, 0) is 89.5 Å². The van der Waals surface area contributed by atoms with Crippen molar-refractivity contribution >= 4 is 87.8 Å². The molecule has 4 aromatic rings. The Morgan fingerprint density at radius 2 is 1.21 bits per heavy atom. The molecule has 2 heterocycles. The Hall–Kier alpha value is -9.89. The summed E-state index contributed by atoms with van der Waals surface area (Å²) in [6, 6.07) is 24.8. The summed E-state index contributed by atoms with van der Waals surface area (Å²) in [7, 11) is 6.08. The van der Waals surface area contributed by atoms with E-state index in [0.717, 1.165) is 23.2 Å². The molecule has 31 nitrogen and oxygen atoms in total. The lowest BCUT2D eigenvalue weighted by atomic mass is 9.89. The lowest BCUT2D eigenvalue weighted by molar-refractivity contribution is -0.148. The minimum Gasteiger partial charge on any atom is -0.445 e. The number of nitrogens with zero attached hydrogens (tertiary/aromatic N) is 4. The van der Waals surface area contributed by atoms with Crippen molar-refractivity contribution in [3.05, 3.63) is 131 Å². The molecule has 1 aliphatic carbocycles. The first kappa shape index (κ1) is 97.2. The maximum Gasteiger partial charge on any atom is 0.410 e. The molecule has 2 aliphatic heterocycles. The molecule has 0 aromatic heterocycles. The number of para-hydroxylation sites is 1. The minimum atomic E-state index is -1.13. The molecule has 2 unspecified atom stereocenters. The topological polar surface area (TPSA) is 396 Å². The standard InChI is InChI=1S/C89H130N12O19/c1-15-58(8)80(72(114-13)52-76(105)100-42-24-32-71(100)82(115-14)59(9)83(107)93-60(10)81(106)62-25-17-16-18-26-62)98(11)87(111)78(56(4)5)97-86(110)79(57(6)7)99(12)89(113)120-54-61-33-35-64(36-34-61)94-84(108)69(30-23-40-92-88(90)112)95-85(109)77(55(2)3)96-74(103)39-43-116-45-47-118-49-50-119-48-46-117-44-41-91-73(102)37-38-75(104)101-53-63-27-19-20-28-65(63)67-51-68(67)66-29-21-22-31-70(66)101/h16-22,25-29,31,33-36,55-60,69,71-72,77-82,106H,15,23-24,30,32,37-54H2,1-14H3,(H,91,102)(H,93,107)(H,94,108)(H,95,109)(H,96,103)(H,97,110)(H3,90,92,112)/t58-,59+,60+,69?,71-,72+,77-,78?,79-,80-,81+,82+/m0/s1. The molecule has 12 atom stereocenters. The van der Waals surface area contributed by atoms with Gasteiger partial charge in [-0.25, -0.2) is 9.59 Å². The van der Waals surface area contributed by atoms with Crippen molar-refractivity contribution in [1.82, 2.24) is 46.6 Å². The molecular weight excluding hydrogens is 1540 g/mol. The van der Waals surface area contributed by atoms with Crippen LogP contribution in [0.4, 0.5) is 21.0 Å². The number of hydrogen-bond acceptors (Lipinski definition) is 19. The summed E-state index contributed by atoms with van der Waals surface area (Å²) < 4.78 is 40.2. The number of primary amides is 1. The third-order valence-corrected chi connectivity index (χ3v) is 22.3. The fraction of sp³-hybridized carbons (Fsp3) is 0.584. The Morgan fingerprint density at radius 3 is 1.83 bits per heavy atom. The van der Waals surface area contributed by atoms with Gasteiger partial charge in [0, 0.05) is 78.5 Å². The SMILES string of the molecule is CC[C@H](C)[C@@H]([C@@H](CC(=O)N1CCC[C@H]1[C@H](OC)[C@@H](C)C(=O)N[C@H](C)[C@@H](O)c1ccccc1)OC)N(C)C(=O)C(NC(=O)[C@H](C(C)C)N(C)C(=O)OCc1ccc(NC(=O)C(CCCNC(N)=O)NC(=O)[C@@H](NC(=O)CCOCCOCCOCCOCCNC(=O)CCC(=O)N2Cc3ccccc3C3=C(C3)c3ccccc32)C(C)C)cc1)C(C)C. The van der Waals surface area contributed by atoms with E-state index in [1.165, 1.54) is 42.9 Å². The number of fused-ring (bicyclic) bond motifs is 4. The van der Waals surface area contributed by atoms with Gasteiger partial charge in [-0.3, -0.25) is 48.1 Å². The second-order valence-electron chi connectivity index (χ2n) is 32.1. The first-order valence-corrected chi connectivity index (χ1v) is 42.1. The normalized spacial score (nSPS) is 16.4. The van der Waals surface area contributed by atoms with E-state index in [-0.39, 0.29) is 121 Å². The molecule has 120 heavy (non-hydrogen) atoms. The van der Waals surface area contributed by atoms with Gasteiger partial charge >= 0.3 is 12.1 Å². The Morgan fingerprint density at radius 1 is 0.592 bits per heavy atom. The van der Waals surface area contributed by atoms with E-state index in [9.17, 15) is 57.8 Å². The third kappa shape index (κ3) is 28.9. The van der Waals surface area contributed by atoms with Gasteiger partial charge in [0.1, 0.15) is 30.8 Å². The Labute approximate surface area is 706 Å². The number of aliphatic hydroxyl groups excluding tert-OH is 1. The average molecular weight is 1670 g/mol. The number of urea groups is 1. The molecule has 0 radical (unpaired) electrons. The highest BCUT2D eigenvalue weighted by Crippen LogP contribution is 2.52. The second kappa shape index (κ2) is 49.1. The van der Waals surface area contributed by atoms with Gasteiger partial charge in [-0.05, 0) is 114 Å². The number of aliphatic hydroxyl groups is 1. The van der Waals surface area contributed by atoms with Gasteiger partial charge in [-0.2, -0.15) is 0 Å². The van der Waals surface area contributed by atoms with Crippen molar-refractivity contribution in [2.75, 3.05) is 111 Å². The van der Waals surface area contributed by atoms with Gasteiger partial charge in [0.25, 0.3) is 0 Å². The monoisotopic (exact) mass is 1670 g/mol. The molecular formula is C89H130N12O19. The van der Waals surface area contributed by atoms with Crippen LogP contribution in [0.1, 0.15) is 167 Å². The van der Waals surface area contributed by atoms with Gasteiger partial charge in [-0.15, -0.1) is 0 Å². The van der Waals surface area contributed by atoms with Crippen molar-refractivity contribution in [3.63, 3.8) is 0 Å². The number of ether oxygens (including phenoxy) is 7. The molecule has 0 spiro atoms. The zero-order valence-corrected chi connectivity index (χ0v) is 72.4. The summed E-state index contributed by atoms with van der Waals surface area (Å²) in [6.07, 6.45) is -0.195. The quantitative estimate of drug-likeness (QED) is 0.0190. The predicted molar refractivity (Wildman–Crippen MR) is 455 cm³/mol. The van der Waals surface area contributed by atoms with Gasteiger partial charge in [-0.1, -0.05) is 154 Å². The highest BCUT2D eigenvalue weighted by atomic mass is 16.6. The fourth-order valence-corrected chi connectivity index (χ4v) is 15.4. The number of carbonyl (C=O) groups excluding carboxylic acids is 11. The molecule has 3 aliphatic rings. The van der Waals surface area contributed by atoms with Crippen molar-refractivity contribution in [3.8, 4) is 0 Å². The smallest absolute Gasteiger partial charge is 0.410 e. The molecule has 10 N–H and O–H groups in total. The zero-order chi connectivity index (χ0) is 87.7. The first-order valence-electron chi connectivity index (χ1n) is 42.1. The largest absolute Gasteiger partial charge is 0.445 e. The van der Waals surface area contributed by atoms with Crippen LogP contribution in [0.15, 0.2) is 103 Å². The second-order valence-corrected chi connectivity index (χ2v) is 32.1. The average Bonchev–Trinajstić information content (AvgIpc) is 1.59. The molecule has 4 aromatic carbocycles. The third-order valence-electron chi connectivity index (χ3n) is 22.3. The van der Waals surface area contributed by atoms with E-state index in [2.05, 4.69) is 55.4 Å². The molecule has 0 saturated carbocycles. The molecule has 1 saturated heterocycles. The molecule has 660 valence electrons. The maximum atomic E-state index is 14.9. The van der Waals surface area contributed by atoms with E-state index in [0.29, 0.717) is 69.0 Å². The number of rotatable bonds is 50. The fourth-order valence-electron chi connectivity index (χ4n) is 15.4. The Bertz CT molecular complexity index is 4050. The maximum absolute atomic E-state index is 14.9. The summed E-state index contributed by atoms with van der Waals surface area (Å²) >= 11 is 0. The number of likely N-dealkylation sites (tertiary alicyclic amines) is 1. The van der Waals surface area contributed by atoms with E-state index in [4.69, 9.17) is 38.9 Å². The number of carbonyl (C=O) groups is 11. The van der Waals surface area contributed by atoms with Crippen LogP contribution >= 0.6 is 0 Å². The van der Waals surface area contributed by atoms with Crippen molar-refractivity contribution < 1.29 is 91.0 Å². The van der Waals surface area contributed by atoms with E-state index >= 15 is 0 Å². The number of benzene rings is 4. The highest BCUT2D eigenvalue weighted by molar-refractivity contribution is 6.13. The number of amides is 12. The number of allylic oxidation sites excluding steroid dienone is 2. The van der Waals surface area contributed by atoms with Crippen LogP contribution in [0.25, 0.3) is 11.1 Å². The van der Waals surface area contributed by atoms with Crippen molar-refractivity contribution in [1.29, 1.82) is 0 Å². The number of likely N-dealkylation sites (N-methyl/N-ethyl adjacent to an activating group) is 2. The van der Waals surface area contributed by atoms with Crippen LogP contribution in [0.5, 0.6) is 0 Å². The summed E-state index contributed by atoms with van der Waals surface area (Å²) in [6.45, 7) is 21.0. The van der Waals surface area contributed by atoms with Crippen LogP contribution in [0, 0.1) is 29.6 Å². The van der Waals surface area contributed by atoms with Crippen molar-refractivity contribution in [2.45, 2.75) is 207 Å². The van der Waals surface area contributed by atoms with Crippen molar-refractivity contribution in [2.24, 2.45) is 35.3 Å². The van der Waals surface area contributed by atoms with Crippen LogP contribution in [-0.4, -0.2) is 240 Å². The molecule has 7 rings (SSSR count). The van der Waals surface area contributed by atoms with Crippen LogP contribution in [0.3, 0.4) is 0 Å². The lowest BCUT2D eigenvalue weighted by Gasteiger charge is -2.41. The molecule has 12 amide bonds. The molecule has 0 bridgehead atoms. The summed E-state index contributed by atoms with van der Waals surface area (Å²) in [5, 5.41) is 30.5. The summed E-state index contributed by atoms with van der Waals surface area (Å²) in [5.74, 6) is -5.79. The van der Waals surface area contributed by atoms with Crippen LogP contribution < -0.4 is 47.9 Å². The number of hydrogen-bond donors (Lipinski definition) is 9. The Kier molecular flexibility index (Phi) is 39.8. The Balaban J connectivity index is 0.798. The lowest BCUT2D eigenvalue weighted by Crippen LogP contribution is -2.60. The number of nitrogens with two attached hydrogens (primary N) is 1. The number of methoxy groups -OCH3 is 2. The summed E-state index contributed by atoms with van der Waals surface area (Å²) in [4.78, 5) is 157. The van der Waals surface area contributed by atoms with E-state index in [1.807, 2.05) is 62.4 Å². The van der Waals surface area contributed by atoms with Gasteiger partial charge in [0.2, 0.25) is 53.2 Å². The molecule has 31 heteroatoms. The van der Waals surface area contributed by atoms with Crippen LogP contribution in [0.2, 0.25) is 0 Å².